The van der Waals surface area contributed by atoms with E-state index >= 15 is 0 Å². The second-order valence-corrected chi connectivity index (χ2v) is 5.32. The van der Waals surface area contributed by atoms with Crippen molar-refractivity contribution in [3.63, 3.8) is 0 Å². The van der Waals surface area contributed by atoms with Crippen molar-refractivity contribution in [3.8, 4) is 5.75 Å². The molecule has 4 heteroatoms. The van der Waals surface area contributed by atoms with Gasteiger partial charge >= 0.3 is 0 Å². The van der Waals surface area contributed by atoms with E-state index in [4.69, 9.17) is 9.47 Å². The van der Waals surface area contributed by atoms with E-state index in [1.54, 1.807) is 7.11 Å². The van der Waals surface area contributed by atoms with Gasteiger partial charge in [0.2, 0.25) is 0 Å². The molecule has 20 heavy (non-hydrogen) atoms. The van der Waals surface area contributed by atoms with Crippen molar-refractivity contribution in [2.45, 2.75) is 44.4 Å². The smallest absolute Gasteiger partial charge is 0.119 e. The second kappa shape index (κ2) is 8.25. The zero-order chi connectivity index (χ0) is 14.2. The minimum Gasteiger partial charge on any atom is -0.491 e. The van der Waals surface area contributed by atoms with Gasteiger partial charge in [-0.25, -0.2) is 0 Å². The molecule has 0 aromatic heterocycles. The molecule has 0 radical (unpaired) electrons. The van der Waals surface area contributed by atoms with Crippen LogP contribution in [0.25, 0.3) is 0 Å². The van der Waals surface area contributed by atoms with Gasteiger partial charge in [-0.1, -0.05) is 25.0 Å². The van der Waals surface area contributed by atoms with Crippen LogP contribution in [0.3, 0.4) is 0 Å². The second-order valence-electron chi connectivity index (χ2n) is 5.32. The van der Waals surface area contributed by atoms with Gasteiger partial charge in [-0.15, -0.1) is 0 Å². The monoisotopic (exact) mass is 279 g/mol. The van der Waals surface area contributed by atoms with Crippen LogP contribution in [0, 0.1) is 0 Å². The third kappa shape index (κ3) is 4.78. The first-order valence-electron chi connectivity index (χ1n) is 7.41. The molecule has 0 saturated heterocycles. The van der Waals surface area contributed by atoms with Crippen molar-refractivity contribution in [2.75, 3.05) is 20.3 Å². The van der Waals surface area contributed by atoms with E-state index in [2.05, 4.69) is 17.4 Å². The van der Waals surface area contributed by atoms with Gasteiger partial charge in [0, 0.05) is 19.7 Å². The van der Waals surface area contributed by atoms with Crippen molar-refractivity contribution in [1.82, 2.24) is 5.32 Å². The predicted octanol–water partition coefficient (Wildman–Crippen LogP) is 2.10. The molecule has 1 aliphatic carbocycles. The lowest BCUT2D eigenvalue weighted by molar-refractivity contribution is 0.0902. The van der Waals surface area contributed by atoms with E-state index in [1.807, 2.05) is 12.1 Å². The molecule has 0 heterocycles. The summed E-state index contributed by atoms with van der Waals surface area (Å²) in [5.74, 6) is 0.864. The molecule has 2 rings (SSSR count). The van der Waals surface area contributed by atoms with Crippen LogP contribution in [0.5, 0.6) is 5.75 Å². The number of aliphatic hydroxyl groups excluding tert-OH is 1. The average molecular weight is 279 g/mol. The summed E-state index contributed by atoms with van der Waals surface area (Å²) in [6.45, 7) is 1.96. The van der Waals surface area contributed by atoms with E-state index in [-0.39, 0.29) is 12.1 Å². The highest BCUT2D eigenvalue weighted by Gasteiger charge is 2.21. The Balaban J connectivity index is 1.75. The molecule has 1 aromatic rings. The highest BCUT2D eigenvalue weighted by Crippen LogP contribution is 2.19. The summed E-state index contributed by atoms with van der Waals surface area (Å²) in [5.41, 5.74) is 1.21. The molecule has 4 nitrogen and oxygen atoms in total. The lowest BCUT2D eigenvalue weighted by Crippen LogP contribution is -2.41. The Labute approximate surface area is 121 Å². The van der Waals surface area contributed by atoms with Crippen LogP contribution in [0.2, 0.25) is 0 Å². The molecule has 2 atom stereocenters. The number of benzene rings is 1. The topological polar surface area (TPSA) is 50.7 Å². The number of aliphatic hydroxyl groups is 1. The zero-order valence-corrected chi connectivity index (χ0v) is 12.2. The van der Waals surface area contributed by atoms with Crippen molar-refractivity contribution >= 4 is 0 Å². The van der Waals surface area contributed by atoms with E-state index in [9.17, 15) is 5.11 Å². The summed E-state index contributed by atoms with van der Waals surface area (Å²) in [6, 6.07) is 8.31. The standard InChI is InChI=1S/C16H25NO3/c1-19-10-11-20-14-8-6-13(7-9-14)12-17-15-4-2-3-5-16(15)18/h6-9,15-18H,2-5,10-12H2,1H3. The SMILES string of the molecule is COCCOc1ccc(CNC2CCCCC2O)cc1. The molecule has 1 fully saturated rings. The maximum absolute atomic E-state index is 9.92. The van der Waals surface area contributed by atoms with Crippen LogP contribution in [0.15, 0.2) is 24.3 Å². The number of rotatable bonds is 7. The molecule has 1 aliphatic rings. The Morgan fingerprint density at radius 1 is 1.15 bits per heavy atom. The van der Waals surface area contributed by atoms with E-state index < -0.39 is 0 Å². The molecular formula is C16H25NO3. The number of methoxy groups -OCH3 is 1. The maximum atomic E-state index is 9.92. The number of hydrogen-bond donors (Lipinski definition) is 2. The van der Waals surface area contributed by atoms with E-state index in [0.29, 0.717) is 13.2 Å². The van der Waals surface area contributed by atoms with Crippen LogP contribution >= 0.6 is 0 Å². The first-order chi connectivity index (χ1) is 9.79. The summed E-state index contributed by atoms with van der Waals surface area (Å²) in [5, 5.41) is 13.4. The summed E-state index contributed by atoms with van der Waals surface area (Å²) in [4.78, 5) is 0. The summed E-state index contributed by atoms with van der Waals surface area (Å²) < 4.78 is 10.5. The molecule has 0 bridgehead atoms. The average Bonchev–Trinajstić information content (AvgIpc) is 2.48. The van der Waals surface area contributed by atoms with Gasteiger partial charge in [-0.2, -0.15) is 0 Å². The molecule has 0 amide bonds. The highest BCUT2D eigenvalue weighted by molar-refractivity contribution is 5.27. The van der Waals surface area contributed by atoms with Gasteiger partial charge in [-0.3, -0.25) is 0 Å². The summed E-state index contributed by atoms with van der Waals surface area (Å²) >= 11 is 0. The minimum atomic E-state index is -0.194. The van der Waals surface area contributed by atoms with E-state index in [1.165, 1.54) is 12.0 Å². The molecule has 0 spiro atoms. The van der Waals surface area contributed by atoms with Gasteiger partial charge in [0.05, 0.1) is 12.7 Å². The van der Waals surface area contributed by atoms with Crippen molar-refractivity contribution in [3.05, 3.63) is 29.8 Å². The fourth-order valence-corrected chi connectivity index (χ4v) is 2.54. The van der Waals surface area contributed by atoms with Crippen LogP contribution in [-0.4, -0.2) is 37.6 Å². The summed E-state index contributed by atoms with van der Waals surface area (Å²) in [7, 11) is 1.66. The van der Waals surface area contributed by atoms with Gasteiger partial charge < -0.3 is 19.9 Å². The number of nitrogens with one attached hydrogen (secondary N) is 1. The fraction of sp³-hybridized carbons (Fsp3) is 0.625. The molecule has 2 N–H and O–H groups in total. The Bertz CT molecular complexity index is 380. The van der Waals surface area contributed by atoms with Gasteiger partial charge in [-0.05, 0) is 30.5 Å². The van der Waals surface area contributed by atoms with Crippen LogP contribution in [-0.2, 0) is 11.3 Å². The largest absolute Gasteiger partial charge is 0.491 e. The van der Waals surface area contributed by atoms with Crippen LogP contribution in [0.4, 0.5) is 0 Å². The fourth-order valence-electron chi connectivity index (χ4n) is 2.54. The molecular weight excluding hydrogens is 254 g/mol. The molecule has 112 valence electrons. The lowest BCUT2D eigenvalue weighted by atomic mass is 9.92. The van der Waals surface area contributed by atoms with Gasteiger partial charge in [0.15, 0.2) is 0 Å². The Kier molecular flexibility index (Phi) is 6.30. The lowest BCUT2D eigenvalue weighted by Gasteiger charge is -2.28. The number of ether oxygens (including phenoxy) is 2. The van der Waals surface area contributed by atoms with Crippen molar-refractivity contribution in [2.24, 2.45) is 0 Å². The third-order valence-electron chi connectivity index (χ3n) is 3.78. The highest BCUT2D eigenvalue weighted by atomic mass is 16.5. The predicted molar refractivity (Wildman–Crippen MR) is 78.9 cm³/mol. The van der Waals surface area contributed by atoms with Crippen molar-refractivity contribution in [1.29, 1.82) is 0 Å². The zero-order valence-electron chi connectivity index (χ0n) is 12.2. The minimum absolute atomic E-state index is 0.194. The maximum Gasteiger partial charge on any atom is 0.119 e. The molecule has 0 aliphatic heterocycles. The van der Waals surface area contributed by atoms with E-state index in [0.717, 1.165) is 31.6 Å². The Hall–Kier alpha value is -1.10. The van der Waals surface area contributed by atoms with Gasteiger partial charge in [0.25, 0.3) is 0 Å². The normalized spacial score (nSPS) is 22.7. The first-order valence-corrected chi connectivity index (χ1v) is 7.41. The number of hydrogen-bond acceptors (Lipinski definition) is 4. The third-order valence-corrected chi connectivity index (χ3v) is 3.78. The van der Waals surface area contributed by atoms with Crippen LogP contribution in [0.1, 0.15) is 31.2 Å². The van der Waals surface area contributed by atoms with Crippen LogP contribution < -0.4 is 10.1 Å². The quantitative estimate of drug-likeness (QED) is 0.751. The molecule has 2 unspecified atom stereocenters. The Morgan fingerprint density at radius 2 is 1.90 bits per heavy atom. The van der Waals surface area contributed by atoms with Gasteiger partial charge in [0.1, 0.15) is 12.4 Å². The van der Waals surface area contributed by atoms with Crippen molar-refractivity contribution < 1.29 is 14.6 Å². The first kappa shape index (κ1) is 15.3. The summed E-state index contributed by atoms with van der Waals surface area (Å²) in [6.07, 6.45) is 4.15. The Morgan fingerprint density at radius 3 is 2.60 bits per heavy atom. The molecule has 1 aromatic carbocycles. The molecule has 1 saturated carbocycles.